The number of hydrogen-bond acceptors (Lipinski definition) is 4. The minimum Gasteiger partial charge on any atom is -0.342 e. The summed E-state index contributed by atoms with van der Waals surface area (Å²) in [6, 6.07) is 4.81. The second-order valence-electron chi connectivity index (χ2n) is 5.69. The number of hydrogen-bond donors (Lipinski definition) is 2. The highest BCUT2D eigenvalue weighted by Crippen LogP contribution is 2.40. The number of aryl methyl sites for hydroxylation is 1. The van der Waals surface area contributed by atoms with Gasteiger partial charge in [0.15, 0.2) is 0 Å². The maximum atomic E-state index is 9.55. The Morgan fingerprint density at radius 1 is 1.52 bits per heavy atom. The van der Waals surface area contributed by atoms with Gasteiger partial charge in [-0.1, -0.05) is 6.92 Å². The van der Waals surface area contributed by atoms with Crippen LogP contribution in [-0.4, -0.2) is 22.3 Å². The van der Waals surface area contributed by atoms with E-state index in [4.69, 9.17) is 5.73 Å². The van der Waals surface area contributed by atoms with E-state index >= 15 is 0 Å². The number of nitrogens with one attached hydrogen (secondary N) is 1. The van der Waals surface area contributed by atoms with Gasteiger partial charge in [0.25, 0.3) is 0 Å². The molecule has 2 heterocycles. The number of fused-ring (bicyclic) bond motifs is 1. The minimum atomic E-state index is 0.283. The van der Waals surface area contributed by atoms with Gasteiger partial charge in [0.1, 0.15) is 11.7 Å². The summed E-state index contributed by atoms with van der Waals surface area (Å²) in [4.78, 5) is 7.98. The molecule has 1 fully saturated rings. The van der Waals surface area contributed by atoms with Crippen molar-refractivity contribution in [1.29, 1.82) is 5.26 Å². The van der Waals surface area contributed by atoms with Gasteiger partial charge in [0.05, 0.1) is 10.6 Å². The average Bonchev–Trinajstić information content (AvgIpc) is 3.08. The smallest absolute Gasteiger partial charge is 0.140 e. The molecule has 0 aromatic carbocycles. The Hall–Kier alpha value is -1.51. The number of H-pyrrole nitrogens is 1. The van der Waals surface area contributed by atoms with Gasteiger partial charge in [0.2, 0.25) is 0 Å². The van der Waals surface area contributed by atoms with Gasteiger partial charge in [0, 0.05) is 17.1 Å². The van der Waals surface area contributed by atoms with Gasteiger partial charge < -0.3 is 10.7 Å². The van der Waals surface area contributed by atoms with Crippen molar-refractivity contribution < 1.29 is 0 Å². The number of nitrogens with zero attached hydrogens (tertiary/aromatic N) is 2. The summed E-state index contributed by atoms with van der Waals surface area (Å²) in [5.41, 5.74) is 9.95. The lowest BCUT2D eigenvalue weighted by Crippen LogP contribution is -2.14. The normalized spacial score (nSPS) is 21.8. The molecule has 1 aliphatic carbocycles. The van der Waals surface area contributed by atoms with Crippen LogP contribution in [0.15, 0.2) is 11.1 Å². The zero-order chi connectivity index (χ0) is 15.0. The van der Waals surface area contributed by atoms with Gasteiger partial charge in [-0.3, -0.25) is 0 Å². The van der Waals surface area contributed by atoms with Crippen LogP contribution >= 0.6 is 11.8 Å². The monoisotopic (exact) mass is 300 g/mol. The van der Waals surface area contributed by atoms with E-state index in [1.54, 1.807) is 11.8 Å². The summed E-state index contributed by atoms with van der Waals surface area (Å²) in [6.07, 6.45) is 6.02. The molecule has 1 saturated carbocycles. The van der Waals surface area contributed by atoms with Crippen molar-refractivity contribution in [3.8, 4) is 6.07 Å². The van der Waals surface area contributed by atoms with Gasteiger partial charge in [-0.15, -0.1) is 11.8 Å². The Morgan fingerprint density at radius 2 is 2.33 bits per heavy atom. The van der Waals surface area contributed by atoms with Gasteiger partial charge >= 0.3 is 0 Å². The van der Waals surface area contributed by atoms with E-state index in [0.717, 1.165) is 53.0 Å². The van der Waals surface area contributed by atoms with Crippen molar-refractivity contribution in [2.24, 2.45) is 5.73 Å². The molecule has 0 spiro atoms. The molecule has 0 saturated heterocycles. The highest BCUT2D eigenvalue weighted by molar-refractivity contribution is 7.98. The molecule has 3 rings (SSSR count). The van der Waals surface area contributed by atoms with Crippen molar-refractivity contribution in [3.63, 3.8) is 0 Å². The van der Waals surface area contributed by atoms with Crippen LogP contribution in [0.1, 0.15) is 48.9 Å². The number of rotatable bonds is 3. The Kier molecular flexibility index (Phi) is 3.92. The molecular formula is C16H20N4S. The van der Waals surface area contributed by atoms with Crippen LogP contribution in [0.25, 0.3) is 11.0 Å². The van der Waals surface area contributed by atoms with E-state index in [1.165, 1.54) is 5.56 Å². The van der Waals surface area contributed by atoms with Crippen LogP contribution in [0.5, 0.6) is 0 Å². The van der Waals surface area contributed by atoms with Crippen molar-refractivity contribution in [2.75, 3.05) is 6.26 Å². The van der Waals surface area contributed by atoms with Crippen LogP contribution < -0.4 is 5.73 Å². The lowest BCUT2D eigenvalue weighted by Gasteiger charge is -2.13. The van der Waals surface area contributed by atoms with E-state index < -0.39 is 0 Å². The topological polar surface area (TPSA) is 78.5 Å². The number of nitriles is 1. The molecule has 1 unspecified atom stereocenters. The summed E-state index contributed by atoms with van der Waals surface area (Å²) in [5.74, 6) is 0.448. The SMILES string of the molecule is CCc1[nH]c2nc(SC)cc(C3CC[C@@H](N)C3)c2c1C#N. The highest BCUT2D eigenvalue weighted by Gasteiger charge is 2.27. The van der Waals surface area contributed by atoms with Crippen LogP contribution in [0.4, 0.5) is 0 Å². The molecule has 0 bridgehead atoms. The summed E-state index contributed by atoms with van der Waals surface area (Å²) in [6.45, 7) is 2.06. The zero-order valence-corrected chi connectivity index (χ0v) is 13.3. The first-order valence-corrected chi connectivity index (χ1v) is 8.65. The molecule has 2 atom stereocenters. The van der Waals surface area contributed by atoms with Crippen molar-refractivity contribution >= 4 is 22.8 Å². The fraction of sp³-hybridized carbons (Fsp3) is 0.500. The summed E-state index contributed by atoms with van der Waals surface area (Å²) in [7, 11) is 0. The first kappa shape index (κ1) is 14.4. The number of aromatic amines is 1. The van der Waals surface area contributed by atoms with Gasteiger partial charge in [-0.25, -0.2) is 4.98 Å². The molecule has 110 valence electrons. The van der Waals surface area contributed by atoms with Gasteiger partial charge in [-0.05, 0) is 49.5 Å². The molecule has 3 N–H and O–H groups in total. The summed E-state index contributed by atoms with van der Waals surface area (Å²) in [5, 5.41) is 11.6. The zero-order valence-electron chi connectivity index (χ0n) is 12.4. The number of pyridine rings is 1. The van der Waals surface area contributed by atoms with E-state index in [-0.39, 0.29) is 6.04 Å². The average molecular weight is 300 g/mol. The van der Waals surface area contributed by atoms with E-state index in [9.17, 15) is 5.26 Å². The van der Waals surface area contributed by atoms with Crippen molar-refractivity contribution in [3.05, 3.63) is 22.9 Å². The van der Waals surface area contributed by atoms with E-state index in [1.807, 2.05) is 6.26 Å². The second-order valence-corrected chi connectivity index (χ2v) is 6.52. The highest BCUT2D eigenvalue weighted by atomic mass is 32.2. The number of nitrogens with two attached hydrogens (primary N) is 1. The third-order valence-electron chi connectivity index (χ3n) is 4.44. The Labute approximate surface area is 129 Å². The van der Waals surface area contributed by atoms with E-state index in [0.29, 0.717) is 5.92 Å². The number of aromatic nitrogens is 2. The van der Waals surface area contributed by atoms with Crippen LogP contribution in [0, 0.1) is 11.3 Å². The van der Waals surface area contributed by atoms with E-state index in [2.05, 4.69) is 29.0 Å². The molecule has 0 aliphatic heterocycles. The molecule has 21 heavy (non-hydrogen) atoms. The maximum absolute atomic E-state index is 9.55. The second kappa shape index (κ2) is 5.70. The Balaban J connectivity index is 2.25. The van der Waals surface area contributed by atoms with Crippen LogP contribution in [-0.2, 0) is 6.42 Å². The quantitative estimate of drug-likeness (QED) is 0.852. The van der Waals surface area contributed by atoms with Crippen LogP contribution in [0.2, 0.25) is 0 Å². The fourth-order valence-corrected chi connectivity index (χ4v) is 3.79. The van der Waals surface area contributed by atoms with Crippen molar-refractivity contribution in [1.82, 2.24) is 9.97 Å². The summed E-state index contributed by atoms with van der Waals surface area (Å²) < 4.78 is 0. The van der Waals surface area contributed by atoms with Crippen molar-refractivity contribution in [2.45, 2.75) is 49.6 Å². The van der Waals surface area contributed by atoms with Crippen LogP contribution in [0.3, 0.4) is 0 Å². The molecule has 2 aromatic rings. The summed E-state index contributed by atoms with van der Waals surface area (Å²) >= 11 is 1.64. The first-order valence-electron chi connectivity index (χ1n) is 7.43. The molecule has 0 amide bonds. The molecule has 5 heteroatoms. The fourth-order valence-electron chi connectivity index (χ4n) is 3.36. The maximum Gasteiger partial charge on any atom is 0.140 e. The lowest BCUT2D eigenvalue weighted by atomic mass is 9.93. The predicted molar refractivity (Wildman–Crippen MR) is 86.5 cm³/mol. The Morgan fingerprint density at radius 3 is 2.90 bits per heavy atom. The number of thioether (sulfide) groups is 1. The first-order chi connectivity index (χ1) is 10.2. The predicted octanol–water partition coefficient (Wildman–Crippen LogP) is 3.31. The molecule has 1 aliphatic rings. The lowest BCUT2D eigenvalue weighted by molar-refractivity contribution is 0.676. The molecular weight excluding hydrogens is 280 g/mol. The third-order valence-corrected chi connectivity index (χ3v) is 5.06. The molecule has 4 nitrogen and oxygen atoms in total. The Bertz CT molecular complexity index is 713. The molecule has 2 aromatic heterocycles. The third kappa shape index (κ3) is 2.43. The van der Waals surface area contributed by atoms with Gasteiger partial charge in [-0.2, -0.15) is 5.26 Å². The molecule has 0 radical (unpaired) electrons. The minimum absolute atomic E-state index is 0.283. The largest absolute Gasteiger partial charge is 0.342 e. The standard InChI is InChI=1S/C16H20N4S/c1-3-13-12(8-17)15-11(9-4-5-10(18)6-9)7-14(21-2)20-16(15)19-13/h7,9-10H,3-6,18H2,1-2H3,(H,19,20)/t9?,10-/m1/s1.